The third-order valence-electron chi connectivity index (χ3n) is 10.6. The molecule has 5 amide bonds. The van der Waals surface area contributed by atoms with Crippen LogP contribution in [0.5, 0.6) is 5.75 Å². The number of aliphatic hydroxyl groups is 2. The van der Waals surface area contributed by atoms with Gasteiger partial charge in [0, 0.05) is 52.0 Å². The molecular formula is C42H68N10O8. The van der Waals surface area contributed by atoms with Crippen molar-refractivity contribution in [2.75, 3.05) is 68.0 Å². The maximum absolute atomic E-state index is 13.9. The lowest BCUT2D eigenvalue weighted by Crippen LogP contribution is -2.57. The molecule has 0 aromatic heterocycles. The smallest absolute Gasteiger partial charge is 0.243 e. The van der Waals surface area contributed by atoms with Gasteiger partial charge in [0.2, 0.25) is 29.5 Å². The van der Waals surface area contributed by atoms with Gasteiger partial charge in [0.1, 0.15) is 17.8 Å². The van der Waals surface area contributed by atoms with Crippen LogP contribution in [0.2, 0.25) is 0 Å². The van der Waals surface area contributed by atoms with Crippen molar-refractivity contribution < 1.29 is 39.3 Å². The van der Waals surface area contributed by atoms with E-state index in [0.717, 1.165) is 16.7 Å². The van der Waals surface area contributed by atoms with Crippen molar-refractivity contribution in [3.05, 3.63) is 53.6 Å². The Morgan fingerprint density at radius 3 is 2.05 bits per heavy atom. The molecule has 0 saturated heterocycles. The van der Waals surface area contributed by atoms with Gasteiger partial charge >= 0.3 is 0 Å². The minimum absolute atomic E-state index is 0.0250. The molecule has 1 unspecified atom stereocenters. The summed E-state index contributed by atoms with van der Waals surface area (Å²) in [5.74, 6) is -1.96. The Kier molecular flexibility index (Phi) is 21.9. The van der Waals surface area contributed by atoms with Gasteiger partial charge in [-0.15, -0.1) is 0 Å². The highest BCUT2D eigenvalue weighted by Crippen LogP contribution is 2.28. The third-order valence-corrected chi connectivity index (χ3v) is 10.6. The monoisotopic (exact) mass is 841 g/mol. The van der Waals surface area contributed by atoms with Crippen LogP contribution in [0.4, 0.5) is 0 Å². The molecule has 0 saturated carbocycles. The zero-order valence-electron chi connectivity index (χ0n) is 35.7. The van der Waals surface area contributed by atoms with Crippen LogP contribution in [0.15, 0.2) is 42.5 Å². The molecule has 3 rings (SSSR count). The van der Waals surface area contributed by atoms with Crippen LogP contribution < -0.4 is 53.2 Å². The second kappa shape index (κ2) is 26.5. The van der Waals surface area contributed by atoms with E-state index >= 15 is 0 Å². The van der Waals surface area contributed by atoms with Crippen molar-refractivity contribution in [2.45, 2.75) is 93.8 Å². The Morgan fingerprint density at radius 1 is 0.717 bits per heavy atom. The van der Waals surface area contributed by atoms with Crippen molar-refractivity contribution in [1.29, 1.82) is 0 Å². The molecule has 1 aliphatic rings. The number of rotatable bonds is 23. The fourth-order valence-corrected chi connectivity index (χ4v) is 7.08. The van der Waals surface area contributed by atoms with Crippen LogP contribution in [0, 0.1) is 0 Å². The van der Waals surface area contributed by atoms with Gasteiger partial charge < -0.3 is 68.5 Å². The summed E-state index contributed by atoms with van der Waals surface area (Å²) in [6, 6.07) is 8.71. The average Bonchev–Trinajstić information content (AvgIpc) is 3.23. The second-order valence-corrected chi connectivity index (χ2v) is 15.2. The van der Waals surface area contributed by atoms with Crippen molar-refractivity contribution >= 4 is 29.5 Å². The number of carbonyl (C=O) groups excluding carboxylic acids is 5. The first-order chi connectivity index (χ1) is 28.8. The number of aliphatic hydroxyl groups excluding tert-OH is 2. The third kappa shape index (κ3) is 16.4. The summed E-state index contributed by atoms with van der Waals surface area (Å²) >= 11 is 0. The summed E-state index contributed by atoms with van der Waals surface area (Å²) in [5.41, 5.74) is 2.92. The van der Waals surface area contributed by atoms with Gasteiger partial charge in [-0.2, -0.15) is 0 Å². The number of hydrogen-bond acceptors (Lipinski definition) is 13. The first kappa shape index (κ1) is 49.7. The van der Waals surface area contributed by atoms with E-state index in [9.17, 15) is 39.3 Å². The molecule has 60 heavy (non-hydrogen) atoms. The standard InChI is InChI=1S/C42H68N10O8/c1-43-23-30(53)22-36-42(60)51-35(19-26-10-8-11-27(18-26)28-14-15-37(55)29(20-28)21-34(47-5)41(59)52-36)40(58)49-17-9-13-33(46-4)38(56)48-16-7-6-12-32(45-3)39(57)50-25-31(54)24-44-2/h8,10-11,14-15,18,20,30-36,43-47,53-55H,6-7,9,12-13,16-17,19,21-25H2,1-5H3,(H,48,56)(H,49,58)(H,50,57)(H,51,60)(H,52,59)/t30-,31?,32+,33+,34+,35+,36+/m1/s1. The number of phenols is 1. The maximum Gasteiger partial charge on any atom is 0.243 e. The lowest BCUT2D eigenvalue weighted by molar-refractivity contribution is -0.133. The minimum Gasteiger partial charge on any atom is -0.508 e. The quantitative estimate of drug-likeness (QED) is 0.0528. The molecule has 1 aliphatic heterocycles. The summed E-state index contributed by atoms with van der Waals surface area (Å²) in [6.45, 7) is 1.34. The molecule has 13 N–H and O–H groups in total. The molecule has 4 bridgehead atoms. The second-order valence-electron chi connectivity index (χ2n) is 15.2. The zero-order valence-corrected chi connectivity index (χ0v) is 35.7. The fourth-order valence-electron chi connectivity index (χ4n) is 7.08. The van der Waals surface area contributed by atoms with E-state index in [4.69, 9.17) is 0 Å². The van der Waals surface area contributed by atoms with Crippen molar-refractivity contribution in [1.82, 2.24) is 53.2 Å². The number of aromatic hydroxyl groups is 1. The van der Waals surface area contributed by atoms with E-state index in [2.05, 4.69) is 53.2 Å². The van der Waals surface area contributed by atoms with E-state index in [0.29, 0.717) is 50.8 Å². The van der Waals surface area contributed by atoms with Crippen LogP contribution in [0.1, 0.15) is 49.7 Å². The van der Waals surface area contributed by atoms with Crippen LogP contribution >= 0.6 is 0 Å². The summed E-state index contributed by atoms with van der Waals surface area (Å²) in [5, 5.41) is 60.1. The molecule has 18 nitrogen and oxygen atoms in total. The first-order valence-electron chi connectivity index (χ1n) is 20.9. The molecule has 7 atom stereocenters. The van der Waals surface area contributed by atoms with Crippen LogP contribution in [-0.2, 0) is 36.8 Å². The number of hydrogen-bond donors (Lipinski definition) is 13. The van der Waals surface area contributed by atoms with E-state index in [1.807, 2.05) is 30.3 Å². The topological polar surface area (TPSA) is 266 Å². The lowest BCUT2D eigenvalue weighted by atomic mass is 9.96. The van der Waals surface area contributed by atoms with Gasteiger partial charge in [0.15, 0.2) is 0 Å². The predicted octanol–water partition coefficient (Wildman–Crippen LogP) is -2.26. The molecule has 334 valence electrons. The number of fused-ring (bicyclic) bond motifs is 5. The highest BCUT2D eigenvalue weighted by molar-refractivity contribution is 5.93. The Labute approximate surface area is 353 Å². The lowest BCUT2D eigenvalue weighted by Gasteiger charge is -2.26. The van der Waals surface area contributed by atoms with Gasteiger partial charge in [-0.05, 0) is 102 Å². The minimum atomic E-state index is -1.18. The summed E-state index contributed by atoms with van der Waals surface area (Å²) in [6.07, 6.45) is 1.24. The maximum atomic E-state index is 13.9. The van der Waals surface area contributed by atoms with Crippen LogP contribution in [-0.4, -0.2) is 155 Å². The predicted molar refractivity (Wildman–Crippen MR) is 230 cm³/mol. The Balaban J connectivity index is 1.64. The SMILES string of the molecule is CNCC(O)CNC(=O)[C@H](CCCCNC(=O)[C@H](CCCNC(=O)[C@@H]1Cc2cccc(c2)-c2ccc(O)c(c2)C[C@H](NC)C(=O)N[C@@H](C[C@@H](O)CNC)C(=O)N1)NC)NC. The van der Waals surface area contributed by atoms with Gasteiger partial charge in [0.05, 0.1) is 30.3 Å². The highest BCUT2D eigenvalue weighted by atomic mass is 16.3. The molecule has 0 radical (unpaired) electrons. The number of nitrogens with one attached hydrogen (secondary N) is 10. The molecular weight excluding hydrogens is 773 g/mol. The molecule has 0 aliphatic carbocycles. The van der Waals surface area contributed by atoms with E-state index < -0.39 is 60.1 Å². The summed E-state index contributed by atoms with van der Waals surface area (Å²) < 4.78 is 0. The van der Waals surface area contributed by atoms with Gasteiger partial charge in [-0.3, -0.25) is 24.0 Å². The number of benzene rings is 2. The Bertz CT molecular complexity index is 1680. The number of likely N-dealkylation sites (N-methyl/N-ethyl adjacent to an activating group) is 5. The first-order valence-corrected chi connectivity index (χ1v) is 20.9. The molecule has 0 fully saturated rings. The molecule has 1 heterocycles. The highest BCUT2D eigenvalue weighted by Gasteiger charge is 2.31. The molecule has 0 spiro atoms. The molecule has 18 heteroatoms. The number of amides is 5. The average molecular weight is 841 g/mol. The summed E-state index contributed by atoms with van der Waals surface area (Å²) in [4.78, 5) is 66.8. The van der Waals surface area contributed by atoms with Crippen molar-refractivity contribution in [2.24, 2.45) is 0 Å². The van der Waals surface area contributed by atoms with Crippen LogP contribution in [0.3, 0.4) is 0 Å². The van der Waals surface area contributed by atoms with Gasteiger partial charge in [-0.1, -0.05) is 30.3 Å². The summed E-state index contributed by atoms with van der Waals surface area (Å²) in [7, 11) is 8.38. The molecule has 2 aromatic rings. The Hall–Kier alpha value is -4.69. The zero-order chi connectivity index (χ0) is 44.0. The van der Waals surface area contributed by atoms with Gasteiger partial charge in [-0.25, -0.2) is 0 Å². The number of carbonyl (C=O) groups is 5. The van der Waals surface area contributed by atoms with Crippen LogP contribution in [0.25, 0.3) is 11.1 Å². The Morgan fingerprint density at radius 2 is 1.37 bits per heavy atom. The number of phenolic OH excluding ortho intramolecular Hbond substituents is 1. The number of unbranched alkanes of at least 4 members (excludes halogenated alkanes) is 1. The van der Waals surface area contributed by atoms with Gasteiger partial charge in [0.25, 0.3) is 0 Å². The van der Waals surface area contributed by atoms with E-state index in [1.54, 1.807) is 47.4 Å². The van der Waals surface area contributed by atoms with E-state index in [-0.39, 0.29) is 56.5 Å². The fraction of sp³-hybridized carbons (Fsp3) is 0.595. The van der Waals surface area contributed by atoms with Crippen molar-refractivity contribution in [3.8, 4) is 16.9 Å². The normalized spacial score (nSPS) is 19.0. The van der Waals surface area contributed by atoms with E-state index in [1.165, 1.54) is 0 Å². The largest absolute Gasteiger partial charge is 0.508 e. The van der Waals surface area contributed by atoms with Crippen molar-refractivity contribution in [3.63, 3.8) is 0 Å². The molecule has 2 aromatic carbocycles.